The van der Waals surface area contributed by atoms with Crippen LogP contribution in [-0.4, -0.2) is 43.9 Å². The van der Waals surface area contributed by atoms with Crippen LogP contribution < -0.4 is 10.5 Å². The standard InChI is InChI=1S/C23H26N2O2/c24-22-10-11-23(21-9-5-4-8-20(21)22)27-15-13-25-12-14-26-19(17-25)16-18-6-2-1-3-7-18/h1-11,19H,12-17,24H2. The number of morpholine rings is 1. The van der Waals surface area contributed by atoms with Gasteiger partial charge in [-0.1, -0.05) is 54.6 Å². The van der Waals surface area contributed by atoms with Crippen LogP contribution in [0.2, 0.25) is 0 Å². The third kappa shape index (κ3) is 4.41. The Morgan fingerprint density at radius 1 is 0.963 bits per heavy atom. The molecule has 0 aliphatic carbocycles. The van der Waals surface area contributed by atoms with Crippen LogP contribution in [0, 0.1) is 0 Å². The normalized spacial score (nSPS) is 17.9. The summed E-state index contributed by atoms with van der Waals surface area (Å²) < 4.78 is 12.0. The molecular weight excluding hydrogens is 336 g/mol. The summed E-state index contributed by atoms with van der Waals surface area (Å²) in [5, 5.41) is 2.12. The molecule has 140 valence electrons. The van der Waals surface area contributed by atoms with Gasteiger partial charge in [0, 0.05) is 36.1 Å². The Morgan fingerprint density at radius 2 is 1.74 bits per heavy atom. The zero-order valence-electron chi connectivity index (χ0n) is 15.5. The Morgan fingerprint density at radius 3 is 2.59 bits per heavy atom. The molecule has 3 aromatic rings. The molecule has 4 rings (SSSR count). The van der Waals surface area contributed by atoms with Gasteiger partial charge in [0.1, 0.15) is 12.4 Å². The Bertz CT molecular complexity index is 882. The lowest BCUT2D eigenvalue weighted by atomic mass is 10.1. The molecule has 0 spiro atoms. The van der Waals surface area contributed by atoms with Gasteiger partial charge in [-0.05, 0) is 24.1 Å². The molecule has 2 N–H and O–H groups in total. The molecular formula is C23H26N2O2. The second-order valence-electron chi connectivity index (χ2n) is 7.03. The minimum Gasteiger partial charge on any atom is -0.492 e. The highest BCUT2D eigenvalue weighted by atomic mass is 16.5. The van der Waals surface area contributed by atoms with E-state index < -0.39 is 0 Å². The molecule has 3 aromatic carbocycles. The third-order valence-corrected chi connectivity index (χ3v) is 5.11. The van der Waals surface area contributed by atoms with Gasteiger partial charge in [0.15, 0.2) is 0 Å². The van der Waals surface area contributed by atoms with Crippen LogP contribution in [0.1, 0.15) is 5.56 Å². The first-order chi connectivity index (χ1) is 13.3. The molecule has 27 heavy (non-hydrogen) atoms. The Kier molecular flexibility index (Phi) is 5.56. The van der Waals surface area contributed by atoms with Gasteiger partial charge >= 0.3 is 0 Å². The van der Waals surface area contributed by atoms with Gasteiger partial charge in [-0.3, -0.25) is 4.90 Å². The van der Waals surface area contributed by atoms with E-state index in [0.717, 1.165) is 54.9 Å². The van der Waals surface area contributed by atoms with E-state index in [0.29, 0.717) is 6.61 Å². The molecule has 1 aliphatic heterocycles. The molecule has 0 saturated carbocycles. The number of hydrogen-bond acceptors (Lipinski definition) is 4. The first kappa shape index (κ1) is 17.8. The molecule has 0 bridgehead atoms. The fourth-order valence-electron chi connectivity index (χ4n) is 3.69. The van der Waals surface area contributed by atoms with E-state index in [1.165, 1.54) is 5.56 Å². The van der Waals surface area contributed by atoms with Crippen molar-refractivity contribution >= 4 is 16.5 Å². The summed E-state index contributed by atoms with van der Waals surface area (Å²) in [4.78, 5) is 2.43. The second-order valence-corrected chi connectivity index (χ2v) is 7.03. The van der Waals surface area contributed by atoms with E-state index >= 15 is 0 Å². The summed E-state index contributed by atoms with van der Waals surface area (Å²) in [7, 11) is 0. The monoisotopic (exact) mass is 362 g/mol. The van der Waals surface area contributed by atoms with E-state index in [2.05, 4.69) is 41.3 Å². The fourth-order valence-corrected chi connectivity index (χ4v) is 3.69. The van der Waals surface area contributed by atoms with Crippen LogP contribution in [0.3, 0.4) is 0 Å². The summed E-state index contributed by atoms with van der Waals surface area (Å²) in [6.45, 7) is 4.24. The molecule has 4 nitrogen and oxygen atoms in total. The average molecular weight is 362 g/mol. The molecule has 0 radical (unpaired) electrons. The average Bonchev–Trinajstić information content (AvgIpc) is 2.71. The number of nitrogen functional groups attached to an aromatic ring is 1. The van der Waals surface area contributed by atoms with Crippen molar-refractivity contribution in [3.05, 3.63) is 72.3 Å². The molecule has 1 fully saturated rings. The van der Waals surface area contributed by atoms with Crippen molar-refractivity contribution in [2.45, 2.75) is 12.5 Å². The van der Waals surface area contributed by atoms with Crippen molar-refractivity contribution in [1.29, 1.82) is 0 Å². The highest BCUT2D eigenvalue weighted by molar-refractivity contribution is 5.96. The zero-order valence-corrected chi connectivity index (χ0v) is 15.5. The van der Waals surface area contributed by atoms with Crippen molar-refractivity contribution in [3.63, 3.8) is 0 Å². The molecule has 1 heterocycles. The summed E-state index contributed by atoms with van der Waals surface area (Å²) in [6.07, 6.45) is 1.21. The summed E-state index contributed by atoms with van der Waals surface area (Å²) >= 11 is 0. The van der Waals surface area contributed by atoms with Crippen molar-refractivity contribution in [1.82, 2.24) is 4.90 Å². The summed E-state index contributed by atoms with van der Waals surface area (Å²) in [5.41, 5.74) is 8.19. The van der Waals surface area contributed by atoms with Crippen molar-refractivity contribution in [2.75, 3.05) is 38.6 Å². The molecule has 1 unspecified atom stereocenters. The number of anilines is 1. The molecule has 1 aliphatic rings. The largest absolute Gasteiger partial charge is 0.492 e. The van der Waals surface area contributed by atoms with Gasteiger partial charge < -0.3 is 15.2 Å². The number of nitrogens with zero attached hydrogens (tertiary/aromatic N) is 1. The summed E-state index contributed by atoms with van der Waals surface area (Å²) in [6, 6.07) is 22.6. The topological polar surface area (TPSA) is 47.7 Å². The number of fused-ring (bicyclic) bond motifs is 1. The van der Waals surface area contributed by atoms with Crippen molar-refractivity contribution in [2.24, 2.45) is 0 Å². The molecule has 1 atom stereocenters. The molecule has 4 heteroatoms. The van der Waals surface area contributed by atoms with Crippen LogP contribution in [0.4, 0.5) is 5.69 Å². The van der Waals surface area contributed by atoms with E-state index in [-0.39, 0.29) is 6.10 Å². The minimum absolute atomic E-state index is 0.249. The number of nitrogens with two attached hydrogens (primary N) is 1. The third-order valence-electron chi connectivity index (χ3n) is 5.11. The maximum absolute atomic E-state index is 6.09. The predicted octanol–water partition coefficient (Wildman–Crippen LogP) is 3.74. The van der Waals surface area contributed by atoms with E-state index in [1.54, 1.807) is 0 Å². The maximum atomic E-state index is 6.09. The fraction of sp³-hybridized carbons (Fsp3) is 0.304. The predicted molar refractivity (Wildman–Crippen MR) is 110 cm³/mol. The van der Waals surface area contributed by atoms with Crippen LogP contribution in [-0.2, 0) is 11.2 Å². The first-order valence-electron chi connectivity index (χ1n) is 9.57. The number of rotatable bonds is 6. The number of hydrogen-bond donors (Lipinski definition) is 1. The summed E-state index contributed by atoms with van der Waals surface area (Å²) in [5.74, 6) is 0.897. The van der Waals surface area contributed by atoms with Gasteiger partial charge in [-0.25, -0.2) is 0 Å². The van der Waals surface area contributed by atoms with Crippen molar-refractivity contribution < 1.29 is 9.47 Å². The van der Waals surface area contributed by atoms with Crippen LogP contribution >= 0.6 is 0 Å². The number of benzene rings is 3. The quantitative estimate of drug-likeness (QED) is 0.679. The molecule has 1 saturated heterocycles. The Hall–Kier alpha value is -2.56. The van der Waals surface area contributed by atoms with E-state index in [1.807, 2.05) is 30.3 Å². The molecule has 0 amide bonds. The van der Waals surface area contributed by atoms with Gasteiger partial charge in [-0.2, -0.15) is 0 Å². The van der Waals surface area contributed by atoms with Gasteiger partial charge in [0.2, 0.25) is 0 Å². The SMILES string of the molecule is Nc1ccc(OCCN2CCOC(Cc3ccccc3)C2)c2ccccc12. The lowest BCUT2D eigenvalue weighted by molar-refractivity contribution is -0.0304. The van der Waals surface area contributed by atoms with E-state index in [9.17, 15) is 0 Å². The number of ether oxygens (including phenoxy) is 2. The maximum Gasteiger partial charge on any atom is 0.127 e. The lowest BCUT2D eigenvalue weighted by Crippen LogP contribution is -2.44. The first-order valence-corrected chi connectivity index (χ1v) is 9.57. The van der Waals surface area contributed by atoms with Gasteiger partial charge in [-0.15, -0.1) is 0 Å². The Balaban J connectivity index is 1.32. The van der Waals surface area contributed by atoms with Gasteiger partial charge in [0.05, 0.1) is 12.7 Å². The molecule has 0 aromatic heterocycles. The van der Waals surface area contributed by atoms with Crippen LogP contribution in [0.25, 0.3) is 10.8 Å². The van der Waals surface area contributed by atoms with Crippen molar-refractivity contribution in [3.8, 4) is 5.75 Å². The highest BCUT2D eigenvalue weighted by Gasteiger charge is 2.20. The second kappa shape index (κ2) is 8.42. The van der Waals surface area contributed by atoms with Crippen LogP contribution in [0.15, 0.2) is 66.7 Å². The smallest absolute Gasteiger partial charge is 0.127 e. The lowest BCUT2D eigenvalue weighted by Gasteiger charge is -2.33. The zero-order chi connectivity index (χ0) is 18.5. The van der Waals surface area contributed by atoms with E-state index in [4.69, 9.17) is 15.2 Å². The highest BCUT2D eigenvalue weighted by Crippen LogP contribution is 2.29. The Labute approximate surface area is 160 Å². The van der Waals surface area contributed by atoms with Crippen LogP contribution in [0.5, 0.6) is 5.75 Å². The minimum atomic E-state index is 0.249. The van der Waals surface area contributed by atoms with Gasteiger partial charge in [0.25, 0.3) is 0 Å².